The maximum atomic E-state index is 12.5. The molecule has 6 heteroatoms. The molecular weight excluding hydrogens is 318 g/mol. The highest BCUT2D eigenvalue weighted by atomic mass is 16.5. The number of likely N-dealkylation sites (N-methyl/N-ethyl adjacent to an activating group) is 1. The molecule has 25 heavy (non-hydrogen) atoms. The van der Waals surface area contributed by atoms with Gasteiger partial charge in [0.2, 0.25) is 0 Å². The molecule has 0 aromatic heterocycles. The molecule has 1 aromatic rings. The Bertz CT molecular complexity index is 646. The molecule has 2 atom stereocenters. The van der Waals surface area contributed by atoms with Gasteiger partial charge in [-0.25, -0.2) is 4.79 Å². The highest BCUT2D eigenvalue weighted by Crippen LogP contribution is 2.31. The van der Waals surface area contributed by atoms with Crippen molar-refractivity contribution >= 4 is 11.9 Å². The van der Waals surface area contributed by atoms with Gasteiger partial charge in [-0.15, -0.1) is 0 Å². The lowest BCUT2D eigenvalue weighted by Gasteiger charge is -2.39. The molecular formula is C19H27N3O3. The van der Waals surface area contributed by atoms with E-state index in [1.807, 2.05) is 31.2 Å². The monoisotopic (exact) mass is 345 g/mol. The number of urea groups is 1. The molecule has 2 fully saturated rings. The molecule has 6 nitrogen and oxygen atoms in total. The van der Waals surface area contributed by atoms with Crippen LogP contribution in [0.2, 0.25) is 0 Å². The van der Waals surface area contributed by atoms with Crippen molar-refractivity contribution in [3.63, 3.8) is 0 Å². The Kier molecular flexibility index (Phi) is 4.99. The third-order valence-electron chi connectivity index (χ3n) is 5.44. The van der Waals surface area contributed by atoms with Crippen molar-refractivity contribution < 1.29 is 14.3 Å². The quantitative estimate of drug-likeness (QED) is 0.830. The number of ether oxygens (including phenoxy) is 1. The smallest absolute Gasteiger partial charge is 0.324 e. The van der Waals surface area contributed by atoms with Crippen LogP contribution < -0.4 is 10.1 Å². The maximum Gasteiger partial charge on any atom is 0.324 e. The Balaban J connectivity index is 1.54. The minimum atomic E-state index is -0.789. The van der Waals surface area contributed by atoms with E-state index >= 15 is 0 Å². The molecule has 1 aromatic carbocycles. The van der Waals surface area contributed by atoms with Crippen LogP contribution in [0.5, 0.6) is 5.75 Å². The predicted molar refractivity (Wildman–Crippen MR) is 95.5 cm³/mol. The SMILES string of the molecule is Cc1ccc(OCCN2CCCC(C3(C)NC(=O)N(C)C3=O)C2)cc1. The molecule has 2 aliphatic rings. The number of benzene rings is 1. The minimum Gasteiger partial charge on any atom is -0.492 e. The lowest BCUT2D eigenvalue weighted by Crippen LogP contribution is -2.56. The Labute approximate surface area is 149 Å². The number of carbonyl (C=O) groups excluding carboxylic acids is 2. The highest BCUT2D eigenvalue weighted by molar-refractivity contribution is 6.06. The molecule has 0 aliphatic carbocycles. The highest BCUT2D eigenvalue weighted by Gasteiger charge is 2.51. The van der Waals surface area contributed by atoms with Gasteiger partial charge < -0.3 is 10.1 Å². The molecule has 136 valence electrons. The van der Waals surface area contributed by atoms with Crippen LogP contribution in [0.1, 0.15) is 25.3 Å². The number of rotatable bonds is 5. The van der Waals surface area contributed by atoms with E-state index in [9.17, 15) is 9.59 Å². The molecule has 2 unspecified atom stereocenters. The Morgan fingerprint density at radius 3 is 2.64 bits per heavy atom. The average Bonchev–Trinajstić information content (AvgIpc) is 2.81. The van der Waals surface area contributed by atoms with Crippen LogP contribution in [-0.2, 0) is 4.79 Å². The summed E-state index contributed by atoms with van der Waals surface area (Å²) < 4.78 is 5.82. The average molecular weight is 345 g/mol. The third kappa shape index (κ3) is 3.63. The van der Waals surface area contributed by atoms with E-state index in [0.29, 0.717) is 6.61 Å². The van der Waals surface area contributed by atoms with Crippen molar-refractivity contribution in [2.24, 2.45) is 5.92 Å². The number of hydrogen-bond acceptors (Lipinski definition) is 4. The van der Waals surface area contributed by atoms with Gasteiger partial charge in [0, 0.05) is 26.1 Å². The first-order valence-corrected chi connectivity index (χ1v) is 8.92. The fourth-order valence-corrected chi connectivity index (χ4v) is 3.73. The van der Waals surface area contributed by atoms with E-state index in [-0.39, 0.29) is 17.9 Å². The summed E-state index contributed by atoms with van der Waals surface area (Å²) in [4.78, 5) is 27.8. The van der Waals surface area contributed by atoms with Crippen molar-refractivity contribution in [2.45, 2.75) is 32.2 Å². The number of amides is 3. The van der Waals surface area contributed by atoms with Crippen molar-refractivity contribution in [2.75, 3.05) is 33.3 Å². The summed E-state index contributed by atoms with van der Waals surface area (Å²) >= 11 is 0. The van der Waals surface area contributed by atoms with Crippen LogP contribution in [0.25, 0.3) is 0 Å². The van der Waals surface area contributed by atoms with Crippen molar-refractivity contribution in [3.05, 3.63) is 29.8 Å². The van der Waals surface area contributed by atoms with Gasteiger partial charge in [0.1, 0.15) is 17.9 Å². The molecule has 0 spiro atoms. The molecule has 3 rings (SSSR count). The van der Waals surface area contributed by atoms with Gasteiger partial charge >= 0.3 is 6.03 Å². The first-order valence-electron chi connectivity index (χ1n) is 8.92. The number of carbonyl (C=O) groups is 2. The number of piperidine rings is 1. The van der Waals surface area contributed by atoms with Crippen LogP contribution in [0.3, 0.4) is 0 Å². The summed E-state index contributed by atoms with van der Waals surface area (Å²) in [6.07, 6.45) is 1.98. The first kappa shape index (κ1) is 17.7. The number of aryl methyl sites for hydroxylation is 1. The largest absolute Gasteiger partial charge is 0.492 e. The van der Waals surface area contributed by atoms with Gasteiger partial charge in [0.25, 0.3) is 5.91 Å². The van der Waals surface area contributed by atoms with Crippen LogP contribution in [0, 0.1) is 12.8 Å². The van der Waals surface area contributed by atoms with Gasteiger partial charge in [0.15, 0.2) is 0 Å². The Morgan fingerprint density at radius 2 is 2.00 bits per heavy atom. The predicted octanol–water partition coefficient (Wildman–Crippen LogP) is 2.03. The molecule has 0 radical (unpaired) electrons. The van der Waals surface area contributed by atoms with Gasteiger partial charge in [-0.05, 0) is 45.4 Å². The van der Waals surface area contributed by atoms with E-state index in [1.165, 1.54) is 10.5 Å². The number of hydrogen-bond donors (Lipinski definition) is 1. The topological polar surface area (TPSA) is 61.9 Å². The second-order valence-corrected chi connectivity index (χ2v) is 7.30. The van der Waals surface area contributed by atoms with Crippen LogP contribution in [0.4, 0.5) is 4.79 Å². The van der Waals surface area contributed by atoms with Crippen LogP contribution in [-0.4, -0.2) is 60.6 Å². The van der Waals surface area contributed by atoms with Gasteiger partial charge in [-0.1, -0.05) is 17.7 Å². The van der Waals surface area contributed by atoms with Crippen LogP contribution in [0.15, 0.2) is 24.3 Å². The van der Waals surface area contributed by atoms with Crippen molar-refractivity contribution in [1.29, 1.82) is 0 Å². The zero-order valence-electron chi connectivity index (χ0n) is 15.2. The Morgan fingerprint density at radius 1 is 1.28 bits per heavy atom. The molecule has 0 saturated carbocycles. The summed E-state index contributed by atoms with van der Waals surface area (Å²) in [5.74, 6) is 0.883. The number of likely N-dealkylation sites (tertiary alicyclic amines) is 1. The van der Waals surface area contributed by atoms with E-state index in [1.54, 1.807) is 7.05 Å². The summed E-state index contributed by atoms with van der Waals surface area (Å²) in [5.41, 5.74) is 0.426. The fourth-order valence-electron chi connectivity index (χ4n) is 3.73. The Hall–Kier alpha value is -2.08. The summed E-state index contributed by atoms with van der Waals surface area (Å²) in [6.45, 7) is 7.15. The maximum absolute atomic E-state index is 12.5. The lowest BCUT2D eigenvalue weighted by molar-refractivity contribution is -0.132. The lowest BCUT2D eigenvalue weighted by atomic mass is 9.80. The second kappa shape index (κ2) is 7.04. The van der Waals surface area contributed by atoms with Gasteiger partial charge in [-0.2, -0.15) is 0 Å². The summed E-state index contributed by atoms with van der Waals surface area (Å²) in [5, 5.41) is 2.89. The van der Waals surface area contributed by atoms with Gasteiger partial charge in [-0.3, -0.25) is 14.6 Å². The first-order chi connectivity index (χ1) is 11.9. The summed E-state index contributed by atoms with van der Waals surface area (Å²) in [7, 11) is 1.54. The van der Waals surface area contributed by atoms with E-state index in [4.69, 9.17) is 4.74 Å². The minimum absolute atomic E-state index is 0.125. The molecule has 3 amide bonds. The molecule has 2 aliphatic heterocycles. The van der Waals surface area contributed by atoms with E-state index in [0.717, 1.165) is 38.2 Å². The van der Waals surface area contributed by atoms with E-state index in [2.05, 4.69) is 17.1 Å². The number of nitrogens with one attached hydrogen (secondary N) is 1. The zero-order valence-corrected chi connectivity index (χ0v) is 15.2. The van der Waals surface area contributed by atoms with E-state index < -0.39 is 5.54 Å². The zero-order chi connectivity index (χ0) is 18.0. The van der Waals surface area contributed by atoms with Crippen molar-refractivity contribution in [3.8, 4) is 5.75 Å². The second-order valence-electron chi connectivity index (χ2n) is 7.30. The molecule has 2 heterocycles. The normalized spacial score (nSPS) is 27.5. The molecule has 0 bridgehead atoms. The van der Waals surface area contributed by atoms with Crippen molar-refractivity contribution in [1.82, 2.24) is 15.1 Å². The summed E-state index contributed by atoms with van der Waals surface area (Å²) in [6, 6.07) is 7.75. The third-order valence-corrected chi connectivity index (χ3v) is 5.44. The van der Waals surface area contributed by atoms with Gasteiger partial charge in [0.05, 0.1) is 0 Å². The fraction of sp³-hybridized carbons (Fsp3) is 0.579. The number of imide groups is 1. The number of nitrogens with zero attached hydrogens (tertiary/aromatic N) is 2. The molecule has 2 saturated heterocycles. The standard InChI is InChI=1S/C19H27N3O3/c1-14-6-8-16(9-7-14)25-12-11-22-10-4-5-15(13-22)19(2)17(23)21(3)18(24)20-19/h6-9,15H,4-5,10-13H2,1-3H3,(H,20,24). The molecule has 1 N–H and O–H groups in total. The van der Waals surface area contributed by atoms with Crippen LogP contribution >= 0.6 is 0 Å².